The highest BCUT2D eigenvalue weighted by Crippen LogP contribution is 2.40. The van der Waals surface area contributed by atoms with Crippen LogP contribution in [0, 0.1) is 5.41 Å². The van der Waals surface area contributed by atoms with E-state index in [1.54, 1.807) is 0 Å². The third-order valence-corrected chi connectivity index (χ3v) is 4.46. The maximum absolute atomic E-state index is 9.00. The minimum Gasteiger partial charge on any atom is -0.396 e. The van der Waals surface area contributed by atoms with Crippen molar-refractivity contribution in [3.05, 3.63) is 53.3 Å². The molecule has 0 spiro atoms. The summed E-state index contributed by atoms with van der Waals surface area (Å²) in [6.45, 7) is 4.77. The fourth-order valence-corrected chi connectivity index (χ4v) is 3.43. The third kappa shape index (κ3) is 2.76. The summed E-state index contributed by atoms with van der Waals surface area (Å²) in [6.07, 6.45) is 4.94. The molecule has 3 N–H and O–H groups in total. The number of aliphatic hydroxyl groups is 1. The van der Waals surface area contributed by atoms with E-state index in [-0.39, 0.29) is 18.1 Å². The Bertz CT molecular complexity index is 625. The van der Waals surface area contributed by atoms with Crippen LogP contribution in [0.2, 0.25) is 0 Å². The van der Waals surface area contributed by atoms with Gasteiger partial charge < -0.3 is 15.4 Å². The van der Waals surface area contributed by atoms with Gasteiger partial charge in [0.05, 0.1) is 0 Å². The lowest BCUT2D eigenvalue weighted by Gasteiger charge is -2.34. The number of rotatable bonds is 3. The van der Waals surface area contributed by atoms with Gasteiger partial charge in [0.15, 0.2) is 0 Å². The van der Waals surface area contributed by atoms with E-state index in [0.29, 0.717) is 6.42 Å². The average molecular weight is 284 g/mol. The molecule has 112 valence electrons. The van der Waals surface area contributed by atoms with Crippen molar-refractivity contribution in [2.45, 2.75) is 39.2 Å². The van der Waals surface area contributed by atoms with Gasteiger partial charge in [-0.2, -0.15) is 0 Å². The van der Waals surface area contributed by atoms with Crippen LogP contribution in [0.1, 0.15) is 43.1 Å². The van der Waals surface area contributed by atoms with Crippen molar-refractivity contribution in [3.8, 4) is 5.69 Å². The lowest BCUT2D eigenvalue weighted by Crippen LogP contribution is -2.30. The lowest BCUT2D eigenvalue weighted by atomic mass is 9.74. The minimum atomic E-state index is 0.138. The second kappa shape index (κ2) is 5.32. The van der Waals surface area contributed by atoms with Crippen LogP contribution in [0.5, 0.6) is 0 Å². The molecule has 3 nitrogen and oxygen atoms in total. The van der Waals surface area contributed by atoms with Crippen LogP contribution in [-0.2, 0) is 12.8 Å². The van der Waals surface area contributed by atoms with Crippen LogP contribution < -0.4 is 5.73 Å². The molecule has 0 saturated carbocycles. The molecule has 1 unspecified atom stereocenters. The van der Waals surface area contributed by atoms with Crippen molar-refractivity contribution in [2.75, 3.05) is 6.61 Å². The maximum Gasteiger partial charge on any atom is 0.0471 e. The number of aromatic nitrogens is 1. The van der Waals surface area contributed by atoms with Crippen molar-refractivity contribution in [1.29, 1.82) is 0 Å². The van der Waals surface area contributed by atoms with E-state index >= 15 is 0 Å². The molecule has 21 heavy (non-hydrogen) atoms. The topological polar surface area (TPSA) is 51.2 Å². The number of aliphatic hydroxyl groups excluding tert-OH is 1. The Morgan fingerprint density at radius 2 is 1.95 bits per heavy atom. The van der Waals surface area contributed by atoms with E-state index in [1.165, 1.54) is 22.5 Å². The summed E-state index contributed by atoms with van der Waals surface area (Å²) in [5.74, 6) is 0. The minimum absolute atomic E-state index is 0.138. The van der Waals surface area contributed by atoms with Crippen LogP contribution in [0.4, 0.5) is 0 Å². The highest BCUT2D eigenvalue weighted by atomic mass is 16.2. The fraction of sp³-hybridized carbons (Fsp3) is 0.444. The smallest absolute Gasteiger partial charge is 0.0471 e. The van der Waals surface area contributed by atoms with E-state index < -0.39 is 0 Å². The summed E-state index contributed by atoms with van der Waals surface area (Å²) < 4.78 is 2.26. The highest BCUT2D eigenvalue weighted by molar-refractivity contribution is 5.42. The van der Waals surface area contributed by atoms with E-state index in [4.69, 9.17) is 10.8 Å². The van der Waals surface area contributed by atoms with Crippen molar-refractivity contribution >= 4 is 0 Å². The summed E-state index contributed by atoms with van der Waals surface area (Å²) >= 11 is 0. The first kappa shape index (κ1) is 14.4. The zero-order chi connectivity index (χ0) is 15.0. The molecule has 1 aliphatic rings. The van der Waals surface area contributed by atoms with Crippen LogP contribution in [0.3, 0.4) is 0 Å². The molecule has 1 heterocycles. The van der Waals surface area contributed by atoms with Crippen molar-refractivity contribution in [1.82, 2.24) is 4.57 Å². The van der Waals surface area contributed by atoms with Crippen molar-refractivity contribution < 1.29 is 5.11 Å². The van der Waals surface area contributed by atoms with Gasteiger partial charge in [-0.05, 0) is 54.0 Å². The Morgan fingerprint density at radius 1 is 1.24 bits per heavy atom. The zero-order valence-electron chi connectivity index (χ0n) is 12.8. The molecule has 1 atom stereocenters. The molecule has 3 heteroatoms. The van der Waals surface area contributed by atoms with Gasteiger partial charge in [-0.15, -0.1) is 0 Å². The summed E-state index contributed by atoms with van der Waals surface area (Å²) in [7, 11) is 0. The van der Waals surface area contributed by atoms with Crippen LogP contribution in [-0.4, -0.2) is 16.3 Å². The summed E-state index contributed by atoms with van der Waals surface area (Å²) in [4.78, 5) is 0. The molecular formula is C18H24N2O. The molecule has 1 aromatic carbocycles. The van der Waals surface area contributed by atoms with Crippen LogP contribution in [0.15, 0.2) is 36.5 Å². The molecule has 0 bridgehead atoms. The highest BCUT2D eigenvalue weighted by Gasteiger charge is 2.32. The van der Waals surface area contributed by atoms with Gasteiger partial charge in [0.1, 0.15) is 0 Å². The molecule has 0 aliphatic heterocycles. The molecule has 0 fully saturated rings. The van der Waals surface area contributed by atoms with Gasteiger partial charge in [0.2, 0.25) is 0 Å². The molecule has 0 saturated heterocycles. The standard InChI is InChI=1S/C18H24N2O/c1-18(2)11-16(19)15-7-9-20(17(15)12-18)14-5-3-13(4-6-14)8-10-21/h3-7,9,16,21H,8,10-12,19H2,1-2H3. The third-order valence-electron chi connectivity index (χ3n) is 4.46. The van der Waals surface area contributed by atoms with E-state index in [2.05, 4.69) is 54.9 Å². The van der Waals surface area contributed by atoms with Gasteiger partial charge in [0.25, 0.3) is 0 Å². The monoisotopic (exact) mass is 284 g/mol. The molecule has 3 rings (SSSR count). The van der Waals surface area contributed by atoms with Gasteiger partial charge in [-0.3, -0.25) is 0 Å². The lowest BCUT2D eigenvalue weighted by molar-refractivity contribution is 0.278. The Kier molecular flexibility index (Phi) is 3.64. The number of fused-ring (bicyclic) bond motifs is 1. The number of nitrogens with zero attached hydrogens (tertiary/aromatic N) is 1. The Balaban J connectivity index is 1.97. The SMILES string of the molecule is CC1(C)Cc2c(ccn2-c2ccc(CCO)cc2)C(N)C1. The largest absolute Gasteiger partial charge is 0.396 e. The predicted octanol–water partition coefficient (Wildman–Crippen LogP) is 2.98. The van der Waals surface area contributed by atoms with Gasteiger partial charge in [-0.25, -0.2) is 0 Å². The molecular weight excluding hydrogens is 260 g/mol. The van der Waals surface area contributed by atoms with Crippen molar-refractivity contribution in [3.63, 3.8) is 0 Å². The molecule has 0 radical (unpaired) electrons. The van der Waals surface area contributed by atoms with Crippen LogP contribution >= 0.6 is 0 Å². The second-order valence-electron chi connectivity index (χ2n) is 6.88. The number of nitrogens with two attached hydrogens (primary N) is 1. The first-order valence-electron chi connectivity index (χ1n) is 7.66. The van der Waals surface area contributed by atoms with Crippen molar-refractivity contribution in [2.24, 2.45) is 11.1 Å². The van der Waals surface area contributed by atoms with E-state index in [0.717, 1.165) is 12.8 Å². The predicted molar refractivity (Wildman–Crippen MR) is 85.6 cm³/mol. The van der Waals surface area contributed by atoms with Gasteiger partial charge >= 0.3 is 0 Å². The van der Waals surface area contributed by atoms with E-state index in [9.17, 15) is 0 Å². The normalized spacial score (nSPS) is 20.3. The maximum atomic E-state index is 9.00. The molecule has 2 aromatic rings. The van der Waals surface area contributed by atoms with Crippen LogP contribution in [0.25, 0.3) is 5.69 Å². The Hall–Kier alpha value is -1.58. The van der Waals surface area contributed by atoms with E-state index in [1.807, 2.05) is 0 Å². The molecule has 1 aliphatic carbocycles. The molecule has 0 amide bonds. The number of hydrogen-bond acceptors (Lipinski definition) is 2. The number of benzene rings is 1. The summed E-state index contributed by atoms with van der Waals surface area (Å²) in [5.41, 5.74) is 11.5. The Morgan fingerprint density at radius 3 is 2.62 bits per heavy atom. The zero-order valence-corrected chi connectivity index (χ0v) is 12.8. The summed E-state index contributed by atoms with van der Waals surface area (Å²) in [6, 6.07) is 10.7. The first-order chi connectivity index (χ1) is 10.00. The Labute approximate surface area is 126 Å². The summed E-state index contributed by atoms with van der Waals surface area (Å²) in [5, 5.41) is 9.00. The second-order valence-corrected chi connectivity index (χ2v) is 6.88. The number of hydrogen-bond donors (Lipinski definition) is 2. The first-order valence-corrected chi connectivity index (χ1v) is 7.66. The van der Waals surface area contributed by atoms with Gasteiger partial charge in [-0.1, -0.05) is 26.0 Å². The molecule has 1 aromatic heterocycles. The average Bonchev–Trinajstić information content (AvgIpc) is 2.82. The fourth-order valence-electron chi connectivity index (χ4n) is 3.43. The quantitative estimate of drug-likeness (QED) is 0.910. The van der Waals surface area contributed by atoms with Gasteiger partial charge in [0, 0.05) is 30.2 Å².